The number of unbranched alkanes of at least 4 members (excludes halogenated alkanes) is 12. The number of Topliss-reactive ketones (excluding diaryl/α,β-unsaturated/α-hetero) is 1. The number of benzene rings is 1. The fraction of sp³-hybridized carbons (Fsp3) is 0.633. The van der Waals surface area contributed by atoms with Crippen LogP contribution in [0, 0.1) is 0 Å². The van der Waals surface area contributed by atoms with Gasteiger partial charge >= 0.3 is 23.9 Å². The minimum Gasteiger partial charge on any atom is -0.478 e. The molecule has 0 spiro atoms. The highest BCUT2D eigenvalue weighted by molar-refractivity contribution is 6.09. The van der Waals surface area contributed by atoms with Crippen LogP contribution in [0.3, 0.4) is 0 Å². The number of ether oxygens (including phenoxy) is 3. The van der Waals surface area contributed by atoms with E-state index in [4.69, 9.17) is 14.2 Å². The van der Waals surface area contributed by atoms with Crippen LogP contribution in [0.2, 0.25) is 0 Å². The number of cyclic esters (lactones) is 1. The van der Waals surface area contributed by atoms with Gasteiger partial charge in [-0.05, 0) is 18.6 Å². The van der Waals surface area contributed by atoms with E-state index in [9.17, 15) is 34.2 Å². The molecular formula is C30H42O10. The van der Waals surface area contributed by atoms with Crippen molar-refractivity contribution in [2.24, 2.45) is 0 Å². The van der Waals surface area contributed by atoms with E-state index < -0.39 is 54.6 Å². The van der Waals surface area contributed by atoms with E-state index >= 15 is 0 Å². The Bertz CT molecular complexity index is 988. The second-order valence-electron chi connectivity index (χ2n) is 10.1. The Balaban J connectivity index is 1.75. The van der Waals surface area contributed by atoms with Crippen molar-refractivity contribution in [1.29, 1.82) is 0 Å². The number of rotatable bonds is 20. The average molecular weight is 563 g/mol. The van der Waals surface area contributed by atoms with Crippen molar-refractivity contribution in [3.05, 3.63) is 35.4 Å². The van der Waals surface area contributed by atoms with E-state index in [2.05, 4.69) is 6.92 Å². The highest BCUT2D eigenvalue weighted by atomic mass is 16.6. The van der Waals surface area contributed by atoms with Crippen LogP contribution in [0.1, 0.15) is 118 Å². The summed E-state index contributed by atoms with van der Waals surface area (Å²) >= 11 is 0. The van der Waals surface area contributed by atoms with Gasteiger partial charge < -0.3 is 24.4 Å². The van der Waals surface area contributed by atoms with Gasteiger partial charge in [-0.2, -0.15) is 0 Å². The molecule has 1 fully saturated rings. The number of carboxylic acids is 1. The van der Waals surface area contributed by atoms with Gasteiger partial charge in [-0.1, -0.05) is 96.1 Å². The van der Waals surface area contributed by atoms with Crippen LogP contribution in [0.5, 0.6) is 0 Å². The summed E-state index contributed by atoms with van der Waals surface area (Å²) in [5.41, 5.74) is -0.629. The second kappa shape index (κ2) is 18.1. The van der Waals surface area contributed by atoms with Crippen molar-refractivity contribution in [2.45, 2.75) is 115 Å². The highest BCUT2D eigenvalue weighted by Crippen LogP contribution is 2.20. The Labute approximate surface area is 235 Å². The van der Waals surface area contributed by atoms with Gasteiger partial charge in [0.2, 0.25) is 18.0 Å². The topological polar surface area (TPSA) is 154 Å². The van der Waals surface area contributed by atoms with Gasteiger partial charge in [0, 0.05) is 6.42 Å². The molecule has 1 aromatic rings. The van der Waals surface area contributed by atoms with Crippen molar-refractivity contribution in [2.75, 3.05) is 6.61 Å². The number of hydrogen-bond acceptors (Lipinski definition) is 9. The molecule has 0 radical (unpaired) electrons. The molecule has 1 heterocycles. The van der Waals surface area contributed by atoms with Crippen LogP contribution in [-0.2, 0) is 28.6 Å². The maximum absolute atomic E-state index is 12.7. The first-order valence-corrected chi connectivity index (χ1v) is 14.4. The molecule has 1 aliphatic rings. The van der Waals surface area contributed by atoms with Crippen LogP contribution in [0.15, 0.2) is 24.3 Å². The van der Waals surface area contributed by atoms with Gasteiger partial charge in [-0.3, -0.25) is 9.59 Å². The Morgan fingerprint density at radius 1 is 0.850 bits per heavy atom. The summed E-state index contributed by atoms with van der Waals surface area (Å²) in [4.78, 5) is 60.4. The summed E-state index contributed by atoms with van der Waals surface area (Å²) in [5, 5.41) is 19.0. The molecule has 0 bridgehead atoms. The molecule has 2 rings (SSSR count). The van der Waals surface area contributed by atoms with Crippen LogP contribution in [-0.4, -0.2) is 64.8 Å². The van der Waals surface area contributed by atoms with E-state index in [-0.39, 0.29) is 17.5 Å². The van der Waals surface area contributed by atoms with Crippen LogP contribution in [0.25, 0.3) is 0 Å². The normalized spacial score (nSPS) is 17.4. The number of carboxylic acid groups (broad SMARTS) is 1. The highest BCUT2D eigenvalue weighted by Gasteiger charge is 2.48. The molecule has 3 unspecified atom stereocenters. The Hall–Kier alpha value is -3.27. The van der Waals surface area contributed by atoms with Crippen molar-refractivity contribution in [1.82, 2.24) is 0 Å². The molecule has 40 heavy (non-hydrogen) atoms. The van der Waals surface area contributed by atoms with Gasteiger partial charge in [0.05, 0.1) is 11.1 Å². The minimum atomic E-state index is -2.04. The molecule has 0 saturated carbocycles. The number of carbonyl (C=O) groups excluding carboxylic acids is 4. The number of carbonyl (C=O) groups is 5. The van der Waals surface area contributed by atoms with E-state index in [0.717, 1.165) is 19.3 Å². The third-order valence-corrected chi connectivity index (χ3v) is 6.88. The average Bonchev–Trinajstić information content (AvgIpc) is 3.20. The third-order valence-electron chi connectivity index (χ3n) is 6.88. The summed E-state index contributed by atoms with van der Waals surface area (Å²) in [6.07, 6.45) is 9.97. The lowest BCUT2D eigenvalue weighted by molar-refractivity contribution is -0.157. The number of aliphatic hydroxyl groups excluding tert-OH is 1. The summed E-state index contributed by atoms with van der Waals surface area (Å²) < 4.78 is 15.3. The van der Waals surface area contributed by atoms with Crippen LogP contribution >= 0.6 is 0 Å². The van der Waals surface area contributed by atoms with E-state index in [1.54, 1.807) is 0 Å². The van der Waals surface area contributed by atoms with Gasteiger partial charge in [0.25, 0.3) is 0 Å². The number of aromatic carboxylic acids is 1. The largest absolute Gasteiger partial charge is 0.478 e. The van der Waals surface area contributed by atoms with Gasteiger partial charge in [-0.25, -0.2) is 14.4 Å². The molecule has 10 nitrogen and oxygen atoms in total. The summed E-state index contributed by atoms with van der Waals surface area (Å²) in [5.74, 6) is -5.30. The maximum Gasteiger partial charge on any atom is 0.343 e. The SMILES string of the molecule is CCCCCCCCCCCCCCCC(=O)OCC(OC(=O)c1ccccc1C(=O)O)C1OC(=O)C(O)C1=O. The Kier molecular flexibility index (Phi) is 14.9. The molecule has 10 heteroatoms. The number of ketones is 1. The van der Waals surface area contributed by atoms with Crippen molar-refractivity contribution in [3.63, 3.8) is 0 Å². The molecule has 2 N–H and O–H groups in total. The fourth-order valence-electron chi connectivity index (χ4n) is 4.54. The first-order valence-electron chi connectivity index (χ1n) is 14.4. The Morgan fingerprint density at radius 2 is 1.38 bits per heavy atom. The molecule has 1 aromatic carbocycles. The predicted octanol–water partition coefficient (Wildman–Crippen LogP) is 4.79. The summed E-state index contributed by atoms with van der Waals surface area (Å²) in [7, 11) is 0. The fourth-order valence-corrected chi connectivity index (χ4v) is 4.54. The molecule has 0 aromatic heterocycles. The molecule has 1 saturated heterocycles. The van der Waals surface area contributed by atoms with Crippen LogP contribution in [0.4, 0.5) is 0 Å². The van der Waals surface area contributed by atoms with Gasteiger partial charge in [0.15, 0.2) is 6.10 Å². The molecule has 222 valence electrons. The molecule has 3 atom stereocenters. The number of esters is 3. The predicted molar refractivity (Wildman–Crippen MR) is 145 cm³/mol. The standard InChI is InChI=1S/C30H42O10/c1-2-3-4-5-6-7-8-9-10-11-12-13-14-19-24(31)38-20-23(27-25(32)26(33)30(37)40-27)39-29(36)22-18-16-15-17-21(22)28(34)35/h15-18,23,26-27,33H,2-14,19-20H2,1H3,(H,34,35). The monoisotopic (exact) mass is 562 g/mol. The second-order valence-corrected chi connectivity index (χ2v) is 10.1. The maximum atomic E-state index is 12.7. The van der Waals surface area contributed by atoms with E-state index in [1.165, 1.54) is 82.1 Å². The lowest BCUT2D eigenvalue weighted by atomic mass is 10.0. The zero-order valence-corrected chi connectivity index (χ0v) is 23.3. The van der Waals surface area contributed by atoms with Crippen molar-refractivity contribution < 1.29 is 48.4 Å². The lowest BCUT2D eigenvalue weighted by Crippen LogP contribution is -2.41. The number of aliphatic hydroxyl groups is 1. The molecule has 0 amide bonds. The van der Waals surface area contributed by atoms with Crippen molar-refractivity contribution in [3.8, 4) is 0 Å². The summed E-state index contributed by atoms with van der Waals surface area (Å²) in [6, 6.07) is 5.28. The molecular weight excluding hydrogens is 520 g/mol. The van der Waals surface area contributed by atoms with Crippen LogP contribution < -0.4 is 0 Å². The lowest BCUT2D eigenvalue weighted by Gasteiger charge is -2.22. The van der Waals surface area contributed by atoms with Crippen molar-refractivity contribution >= 4 is 29.7 Å². The molecule has 1 aliphatic heterocycles. The zero-order chi connectivity index (χ0) is 29.3. The number of hydrogen-bond donors (Lipinski definition) is 2. The minimum absolute atomic E-state index is 0.126. The van der Waals surface area contributed by atoms with Gasteiger partial charge in [-0.15, -0.1) is 0 Å². The first-order chi connectivity index (χ1) is 19.3. The Morgan fingerprint density at radius 3 is 1.88 bits per heavy atom. The van der Waals surface area contributed by atoms with Gasteiger partial charge in [0.1, 0.15) is 6.61 Å². The van der Waals surface area contributed by atoms with E-state index in [1.807, 2.05) is 0 Å². The first kappa shape index (κ1) is 32.9. The third kappa shape index (κ3) is 11.1. The quantitative estimate of drug-likeness (QED) is 0.0981. The zero-order valence-electron chi connectivity index (χ0n) is 23.3. The molecule has 0 aliphatic carbocycles. The smallest absolute Gasteiger partial charge is 0.343 e. The summed E-state index contributed by atoms with van der Waals surface area (Å²) in [6.45, 7) is 1.62. The van der Waals surface area contributed by atoms with E-state index in [0.29, 0.717) is 6.42 Å².